The van der Waals surface area contributed by atoms with Crippen molar-refractivity contribution >= 4 is 17.5 Å². The number of rotatable bonds is 2. The van der Waals surface area contributed by atoms with Gasteiger partial charge < -0.3 is 10.4 Å². The van der Waals surface area contributed by atoms with Crippen molar-refractivity contribution in [2.45, 2.75) is 37.8 Å². The van der Waals surface area contributed by atoms with Crippen molar-refractivity contribution in [2.24, 2.45) is 0 Å². The first-order chi connectivity index (χ1) is 8.58. The van der Waals surface area contributed by atoms with Gasteiger partial charge in [-0.25, -0.2) is 4.39 Å². The summed E-state index contributed by atoms with van der Waals surface area (Å²) in [7, 11) is 0. The quantitative estimate of drug-likeness (QED) is 0.868. The second-order valence-electron chi connectivity index (χ2n) is 4.56. The first-order valence-corrected chi connectivity index (χ1v) is 6.39. The van der Waals surface area contributed by atoms with Crippen molar-refractivity contribution in [3.8, 4) is 0 Å². The van der Waals surface area contributed by atoms with Gasteiger partial charge in [0, 0.05) is 5.56 Å². The highest BCUT2D eigenvalue weighted by molar-refractivity contribution is 6.31. The van der Waals surface area contributed by atoms with Gasteiger partial charge in [-0.2, -0.15) is 0 Å². The molecule has 0 unspecified atom stereocenters. The molecule has 1 saturated carbocycles. The zero-order chi connectivity index (χ0) is 13.1. The van der Waals surface area contributed by atoms with E-state index in [1.165, 1.54) is 12.1 Å². The maximum absolute atomic E-state index is 13.0. The number of halogens is 2. The predicted molar refractivity (Wildman–Crippen MR) is 67.1 cm³/mol. The molecule has 5 heteroatoms. The first kappa shape index (κ1) is 13.3. The SMILES string of the molecule is O=C(N[C@H]1CCCC[C@@H]1O)c1ccc(F)c(Cl)c1. The summed E-state index contributed by atoms with van der Waals surface area (Å²) in [6.07, 6.45) is 2.94. The molecular formula is C13H15ClFNO2. The van der Waals surface area contributed by atoms with Crippen LogP contribution in [0.3, 0.4) is 0 Å². The standard InChI is InChI=1S/C13H15ClFNO2/c14-9-7-8(5-6-10(9)15)13(18)16-11-3-1-2-4-12(11)17/h5-7,11-12,17H,1-4H2,(H,16,18)/t11-,12-/m0/s1. The Balaban J connectivity index is 2.04. The summed E-state index contributed by atoms with van der Waals surface area (Å²) in [5.74, 6) is -0.881. The predicted octanol–water partition coefficient (Wildman–Crippen LogP) is 2.51. The normalized spacial score (nSPS) is 23.7. The van der Waals surface area contributed by atoms with Crippen molar-refractivity contribution < 1.29 is 14.3 Å². The molecule has 2 atom stereocenters. The van der Waals surface area contributed by atoms with Crippen molar-refractivity contribution in [3.63, 3.8) is 0 Å². The molecule has 0 aliphatic heterocycles. The number of hydrogen-bond acceptors (Lipinski definition) is 2. The number of carbonyl (C=O) groups is 1. The van der Waals surface area contributed by atoms with Crippen LogP contribution in [0.1, 0.15) is 36.0 Å². The van der Waals surface area contributed by atoms with Gasteiger partial charge in [-0.05, 0) is 31.0 Å². The minimum Gasteiger partial charge on any atom is -0.391 e. The minimum atomic E-state index is -0.550. The molecule has 98 valence electrons. The van der Waals surface area contributed by atoms with Crippen LogP contribution in [-0.2, 0) is 0 Å². The molecule has 0 spiro atoms. The van der Waals surface area contributed by atoms with Crippen molar-refractivity contribution in [1.82, 2.24) is 5.32 Å². The Morgan fingerprint density at radius 2 is 2.11 bits per heavy atom. The van der Waals surface area contributed by atoms with Crippen LogP contribution in [0.4, 0.5) is 4.39 Å². The lowest BCUT2D eigenvalue weighted by Crippen LogP contribution is -2.45. The van der Waals surface area contributed by atoms with Gasteiger partial charge in [0.15, 0.2) is 0 Å². The van der Waals surface area contributed by atoms with E-state index in [0.717, 1.165) is 25.3 Å². The van der Waals surface area contributed by atoms with Crippen LogP contribution in [-0.4, -0.2) is 23.2 Å². The van der Waals surface area contributed by atoms with Crippen molar-refractivity contribution in [2.75, 3.05) is 0 Å². The van der Waals surface area contributed by atoms with Gasteiger partial charge in [-0.1, -0.05) is 24.4 Å². The van der Waals surface area contributed by atoms with Gasteiger partial charge in [0.25, 0.3) is 5.91 Å². The molecule has 0 aromatic heterocycles. The third kappa shape index (κ3) is 3.00. The maximum atomic E-state index is 13.0. The van der Waals surface area contributed by atoms with Crippen LogP contribution in [0.25, 0.3) is 0 Å². The zero-order valence-electron chi connectivity index (χ0n) is 9.83. The molecule has 18 heavy (non-hydrogen) atoms. The van der Waals surface area contributed by atoms with Gasteiger partial charge in [0.2, 0.25) is 0 Å². The molecule has 0 heterocycles. The van der Waals surface area contributed by atoms with Crippen LogP contribution >= 0.6 is 11.6 Å². The molecule has 0 radical (unpaired) electrons. The molecule has 2 N–H and O–H groups in total. The summed E-state index contributed by atoms with van der Waals surface area (Å²) >= 11 is 5.62. The van der Waals surface area contributed by atoms with E-state index >= 15 is 0 Å². The van der Waals surface area contributed by atoms with Gasteiger partial charge >= 0.3 is 0 Å². The lowest BCUT2D eigenvalue weighted by molar-refractivity contribution is 0.0717. The van der Waals surface area contributed by atoms with Crippen LogP contribution in [0.5, 0.6) is 0 Å². The number of hydrogen-bond donors (Lipinski definition) is 2. The fraction of sp³-hybridized carbons (Fsp3) is 0.462. The Morgan fingerprint density at radius 3 is 2.78 bits per heavy atom. The average molecular weight is 272 g/mol. The fourth-order valence-electron chi connectivity index (χ4n) is 2.17. The Hall–Kier alpha value is -1.13. The highest BCUT2D eigenvalue weighted by Crippen LogP contribution is 2.20. The summed E-state index contributed by atoms with van der Waals surface area (Å²) in [5, 5.41) is 12.4. The van der Waals surface area contributed by atoms with E-state index in [1.807, 2.05) is 0 Å². The van der Waals surface area contributed by atoms with Crippen molar-refractivity contribution in [3.05, 3.63) is 34.6 Å². The second kappa shape index (κ2) is 5.67. The highest BCUT2D eigenvalue weighted by atomic mass is 35.5. The van der Waals surface area contributed by atoms with E-state index in [4.69, 9.17) is 11.6 Å². The number of benzene rings is 1. The first-order valence-electron chi connectivity index (χ1n) is 6.02. The fourth-order valence-corrected chi connectivity index (χ4v) is 2.35. The van der Waals surface area contributed by atoms with E-state index in [0.29, 0.717) is 12.0 Å². The molecule has 1 aromatic rings. The molecular weight excluding hydrogens is 257 g/mol. The van der Waals surface area contributed by atoms with E-state index in [1.54, 1.807) is 0 Å². The summed E-state index contributed by atoms with van der Waals surface area (Å²) in [4.78, 5) is 11.9. The summed E-state index contributed by atoms with van der Waals surface area (Å²) < 4.78 is 13.0. The third-order valence-corrected chi connectivity index (χ3v) is 3.52. The van der Waals surface area contributed by atoms with Crippen LogP contribution in [0.2, 0.25) is 5.02 Å². The lowest BCUT2D eigenvalue weighted by Gasteiger charge is -2.28. The zero-order valence-corrected chi connectivity index (χ0v) is 10.6. The number of nitrogens with one attached hydrogen (secondary N) is 1. The smallest absolute Gasteiger partial charge is 0.251 e. The molecule has 1 amide bonds. The largest absolute Gasteiger partial charge is 0.391 e. The second-order valence-corrected chi connectivity index (χ2v) is 4.97. The van der Waals surface area contributed by atoms with Crippen LogP contribution in [0, 0.1) is 5.82 Å². The topological polar surface area (TPSA) is 49.3 Å². The molecule has 1 aromatic carbocycles. The number of amides is 1. The van der Waals surface area contributed by atoms with Crippen LogP contribution < -0.4 is 5.32 Å². The van der Waals surface area contributed by atoms with Gasteiger partial charge in [0.05, 0.1) is 17.2 Å². The Labute approximate surface area is 110 Å². The van der Waals surface area contributed by atoms with Gasteiger partial charge in [-0.15, -0.1) is 0 Å². The third-order valence-electron chi connectivity index (χ3n) is 3.23. The average Bonchev–Trinajstić information content (AvgIpc) is 2.35. The maximum Gasteiger partial charge on any atom is 0.251 e. The molecule has 0 saturated heterocycles. The Bertz CT molecular complexity index is 453. The van der Waals surface area contributed by atoms with Crippen molar-refractivity contribution in [1.29, 1.82) is 0 Å². The summed E-state index contributed by atoms with van der Waals surface area (Å²) in [5.41, 5.74) is 0.305. The monoisotopic (exact) mass is 271 g/mol. The molecule has 0 bridgehead atoms. The number of aliphatic hydroxyl groups excluding tert-OH is 1. The minimum absolute atomic E-state index is 0.0770. The Kier molecular flexibility index (Phi) is 4.19. The number of carbonyl (C=O) groups excluding carboxylic acids is 1. The molecule has 3 nitrogen and oxygen atoms in total. The summed E-state index contributed by atoms with van der Waals surface area (Å²) in [6.45, 7) is 0. The van der Waals surface area contributed by atoms with E-state index in [-0.39, 0.29) is 17.0 Å². The molecule has 1 aliphatic carbocycles. The van der Waals surface area contributed by atoms with E-state index < -0.39 is 11.9 Å². The van der Waals surface area contributed by atoms with Gasteiger partial charge in [0.1, 0.15) is 5.82 Å². The number of aliphatic hydroxyl groups is 1. The van der Waals surface area contributed by atoms with E-state index in [9.17, 15) is 14.3 Å². The summed E-state index contributed by atoms with van der Waals surface area (Å²) in [6, 6.07) is 3.61. The molecule has 1 fully saturated rings. The lowest BCUT2D eigenvalue weighted by atomic mass is 9.92. The van der Waals surface area contributed by atoms with Gasteiger partial charge in [-0.3, -0.25) is 4.79 Å². The Morgan fingerprint density at radius 1 is 1.39 bits per heavy atom. The molecule has 1 aliphatic rings. The van der Waals surface area contributed by atoms with E-state index in [2.05, 4.69) is 5.32 Å². The highest BCUT2D eigenvalue weighted by Gasteiger charge is 2.24. The molecule has 2 rings (SSSR count). The van der Waals surface area contributed by atoms with Crippen LogP contribution in [0.15, 0.2) is 18.2 Å².